The summed E-state index contributed by atoms with van der Waals surface area (Å²) in [5.74, 6) is 0.466. The van der Waals surface area contributed by atoms with Crippen LogP contribution < -0.4 is 10.6 Å². The molecule has 0 aliphatic rings. The van der Waals surface area contributed by atoms with Gasteiger partial charge in [-0.25, -0.2) is 0 Å². The van der Waals surface area contributed by atoms with Crippen LogP contribution in [0.5, 0.6) is 0 Å². The molecule has 0 aliphatic carbocycles. The van der Waals surface area contributed by atoms with Gasteiger partial charge < -0.3 is 15.5 Å². The van der Waals surface area contributed by atoms with Crippen LogP contribution in [0.1, 0.15) is 65.4 Å². The maximum Gasteiger partial charge on any atom is 0.224 e. The number of hydrogen-bond donors (Lipinski definition) is 2. The predicted octanol–water partition coefficient (Wildman–Crippen LogP) is 4.01. The summed E-state index contributed by atoms with van der Waals surface area (Å²) in [6.07, 6.45) is 1.68. The molecule has 2 N–H and O–H groups in total. The van der Waals surface area contributed by atoms with Gasteiger partial charge in [-0.2, -0.15) is 0 Å². The summed E-state index contributed by atoms with van der Waals surface area (Å²) in [5.41, 5.74) is 2.05. The molecule has 1 aromatic rings. The number of hydrogen-bond acceptors (Lipinski definition) is 3. The number of nitrogens with one attached hydrogen (secondary N) is 2. The van der Waals surface area contributed by atoms with E-state index in [1.807, 2.05) is 31.2 Å². The molecule has 0 saturated heterocycles. The molecule has 0 spiro atoms. The molecule has 5 heteroatoms. The minimum absolute atomic E-state index is 0.0164. The first-order chi connectivity index (χ1) is 12.8. The Kier molecular flexibility index (Phi) is 10.7. The fourth-order valence-corrected chi connectivity index (χ4v) is 3.01. The quantitative estimate of drug-likeness (QED) is 0.543. The fraction of sp³-hybridized carbons (Fsp3) is 0.636. The molecule has 5 nitrogen and oxygen atoms in total. The van der Waals surface area contributed by atoms with E-state index in [0.717, 1.165) is 31.7 Å². The van der Waals surface area contributed by atoms with Crippen LogP contribution in [0.25, 0.3) is 0 Å². The monoisotopic (exact) mass is 375 g/mol. The SMILES string of the molecule is CCN(CC)CCCNC(=O)CC(C)CC(=O)Nc1ccc(C(C)C)cc1. The van der Waals surface area contributed by atoms with Gasteiger partial charge in [0.05, 0.1) is 0 Å². The first-order valence-corrected chi connectivity index (χ1v) is 10.2. The summed E-state index contributed by atoms with van der Waals surface area (Å²) < 4.78 is 0. The zero-order chi connectivity index (χ0) is 20.2. The van der Waals surface area contributed by atoms with Crippen molar-refractivity contribution in [1.82, 2.24) is 10.2 Å². The predicted molar refractivity (Wildman–Crippen MR) is 113 cm³/mol. The lowest BCUT2D eigenvalue weighted by atomic mass is 10.0. The van der Waals surface area contributed by atoms with Gasteiger partial charge in [-0.3, -0.25) is 9.59 Å². The third kappa shape index (κ3) is 9.57. The van der Waals surface area contributed by atoms with Crippen LogP contribution >= 0.6 is 0 Å². The molecule has 1 aromatic carbocycles. The van der Waals surface area contributed by atoms with Gasteiger partial charge in [-0.1, -0.05) is 46.8 Å². The van der Waals surface area contributed by atoms with Crippen molar-refractivity contribution in [1.29, 1.82) is 0 Å². The van der Waals surface area contributed by atoms with Crippen molar-refractivity contribution in [3.05, 3.63) is 29.8 Å². The zero-order valence-corrected chi connectivity index (χ0v) is 17.7. The largest absolute Gasteiger partial charge is 0.356 e. The van der Waals surface area contributed by atoms with Crippen LogP contribution in [0.2, 0.25) is 0 Å². The van der Waals surface area contributed by atoms with Gasteiger partial charge in [0.15, 0.2) is 0 Å². The van der Waals surface area contributed by atoms with Crippen LogP contribution in [-0.4, -0.2) is 42.9 Å². The highest BCUT2D eigenvalue weighted by Gasteiger charge is 2.13. The smallest absolute Gasteiger partial charge is 0.224 e. The van der Waals surface area contributed by atoms with E-state index >= 15 is 0 Å². The molecule has 1 atom stereocenters. The van der Waals surface area contributed by atoms with Crippen LogP contribution in [0, 0.1) is 5.92 Å². The van der Waals surface area contributed by atoms with E-state index in [2.05, 4.69) is 43.2 Å². The minimum atomic E-state index is -0.0471. The van der Waals surface area contributed by atoms with E-state index in [0.29, 0.717) is 25.3 Å². The highest BCUT2D eigenvalue weighted by atomic mass is 16.2. The number of amides is 2. The van der Waals surface area contributed by atoms with Gasteiger partial charge >= 0.3 is 0 Å². The van der Waals surface area contributed by atoms with Crippen molar-refractivity contribution < 1.29 is 9.59 Å². The molecule has 0 aromatic heterocycles. The topological polar surface area (TPSA) is 61.4 Å². The third-order valence-electron chi connectivity index (χ3n) is 4.80. The number of carbonyl (C=O) groups is 2. The normalized spacial score (nSPS) is 12.3. The zero-order valence-electron chi connectivity index (χ0n) is 17.7. The highest BCUT2D eigenvalue weighted by molar-refractivity contribution is 5.91. The van der Waals surface area contributed by atoms with Gasteiger partial charge in [0, 0.05) is 25.1 Å². The van der Waals surface area contributed by atoms with E-state index in [1.54, 1.807) is 0 Å². The Balaban J connectivity index is 2.27. The second-order valence-corrected chi connectivity index (χ2v) is 7.57. The summed E-state index contributed by atoms with van der Waals surface area (Å²) >= 11 is 0. The lowest BCUT2D eigenvalue weighted by molar-refractivity contribution is -0.122. The molecule has 0 heterocycles. The van der Waals surface area contributed by atoms with Gasteiger partial charge in [0.1, 0.15) is 0 Å². The Morgan fingerprint density at radius 3 is 2.11 bits per heavy atom. The van der Waals surface area contributed by atoms with Gasteiger partial charge in [0.2, 0.25) is 11.8 Å². The first-order valence-electron chi connectivity index (χ1n) is 10.2. The lowest BCUT2D eigenvalue weighted by Gasteiger charge is -2.18. The molecule has 0 saturated carbocycles. The Bertz CT molecular complexity index is 565. The number of carbonyl (C=O) groups excluding carboxylic acids is 2. The fourth-order valence-electron chi connectivity index (χ4n) is 3.01. The molecule has 27 heavy (non-hydrogen) atoms. The van der Waals surface area contributed by atoms with Crippen molar-refractivity contribution in [2.45, 2.75) is 59.8 Å². The van der Waals surface area contributed by atoms with Gasteiger partial charge in [-0.05, 0) is 55.6 Å². The Morgan fingerprint density at radius 1 is 0.963 bits per heavy atom. The maximum atomic E-state index is 12.2. The molecule has 0 fully saturated rings. The van der Waals surface area contributed by atoms with Crippen LogP contribution in [-0.2, 0) is 9.59 Å². The minimum Gasteiger partial charge on any atom is -0.356 e. The van der Waals surface area contributed by atoms with Crippen LogP contribution in [0.3, 0.4) is 0 Å². The maximum absolute atomic E-state index is 12.2. The average Bonchev–Trinajstić information content (AvgIpc) is 2.62. The van der Waals surface area contributed by atoms with E-state index in [9.17, 15) is 9.59 Å². The van der Waals surface area contributed by atoms with E-state index in [4.69, 9.17) is 0 Å². The number of anilines is 1. The van der Waals surface area contributed by atoms with Crippen molar-refractivity contribution in [3.63, 3.8) is 0 Å². The highest BCUT2D eigenvalue weighted by Crippen LogP contribution is 2.18. The lowest BCUT2D eigenvalue weighted by Crippen LogP contribution is -2.31. The third-order valence-corrected chi connectivity index (χ3v) is 4.80. The molecular formula is C22H37N3O2. The molecule has 0 bridgehead atoms. The molecule has 0 aliphatic heterocycles. The van der Waals surface area contributed by atoms with Crippen molar-refractivity contribution in [2.75, 3.05) is 31.5 Å². The molecule has 1 rings (SSSR count). The van der Waals surface area contributed by atoms with Crippen molar-refractivity contribution >= 4 is 17.5 Å². The van der Waals surface area contributed by atoms with Crippen LogP contribution in [0.4, 0.5) is 5.69 Å². The van der Waals surface area contributed by atoms with Crippen LogP contribution in [0.15, 0.2) is 24.3 Å². The Labute approximate surface area is 164 Å². The van der Waals surface area contributed by atoms with Gasteiger partial charge in [-0.15, -0.1) is 0 Å². The van der Waals surface area contributed by atoms with Crippen molar-refractivity contribution in [2.24, 2.45) is 5.92 Å². The van der Waals surface area contributed by atoms with E-state index in [1.165, 1.54) is 5.56 Å². The molecule has 152 valence electrons. The second-order valence-electron chi connectivity index (χ2n) is 7.57. The summed E-state index contributed by atoms with van der Waals surface area (Å²) in [6, 6.07) is 7.94. The first kappa shape index (κ1) is 23.2. The second kappa shape index (κ2) is 12.5. The molecule has 2 amide bonds. The van der Waals surface area contributed by atoms with Crippen molar-refractivity contribution in [3.8, 4) is 0 Å². The summed E-state index contributed by atoms with van der Waals surface area (Å²) in [6.45, 7) is 14.3. The Hall–Kier alpha value is -1.88. The molecular weight excluding hydrogens is 338 g/mol. The number of nitrogens with zero attached hydrogens (tertiary/aromatic N) is 1. The van der Waals surface area contributed by atoms with E-state index in [-0.39, 0.29) is 17.7 Å². The summed E-state index contributed by atoms with van der Waals surface area (Å²) in [5, 5.41) is 5.87. The van der Waals surface area contributed by atoms with Gasteiger partial charge in [0.25, 0.3) is 0 Å². The number of rotatable bonds is 12. The van der Waals surface area contributed by atoms with E-state index < -0.39 is 0 Å². The molecule has 1 unspecified atom stereocenters. The number of benzene rings is 1. The Morgan fingerprint density at radius 2 is 1.56 bits per heavy atom. The summed E-state index contributed by atoms with van der Waals surface area (Å²) in [4.78, 5) is 26.5. The molecule has 0 radical (unpaired) electrons. The average molecular weight is 376 g/mol. The summed E-state index contributed by atoms with van der Waals surface area (Å²) in [7, 11) is 0. The standard InChI is InChI=1S/C22H37N3O2/c1-6-25(7-2)14-8-13-23-21(26)15-18(5)16-22(27)24-20-11-9-19(10-12-20)17(3)4/h9-12,17-18H,6-8,13-16H2,1-5H3,(H,23,26)(H,24,27).